The molecule has 1 aliphatic rings. The van der Waals surface area contributed by atoms with Gasteiger partial charge in [-0.15, -0.1) is 0 Å². The molecule has 1 unspecified atom stereocenters. The zero-order chi connectivity index (χ0) is 26.0. The molecule has 0 saturated heterocycles. The normalized spacial score (nSPS) is 15.4. The summed E-state index contributed by atoms with van der Waals surface area (Å²) >= 11 is 0. The van der Waals surface area contributed by atoms with Crippen molar-refractivity contribution >= 4 is 15.7 Å². The molecular weight excluding hydrogens is 489 g/mol. The van der Waals surface area contributed by atoms with Gasteiger partial charge >= 0.3 is 0 Å². The fourth-order valence-electron chi connectivity index (χ4n) is 4.81. The lowest BCUT2D eigenvalue weighted by Gasteiger charge is -2.41. The lowest BCUT2D eigenvalue weighted by atomic mass is 9.95. The van der Waals surface area contributed by atoms with Gasteiger partial charge in [0.25, 0.3) is 0 Å². The SMILES string of the molecule is Cn1cncc1CN1CC(N(Cc2ccccc2F)S(=O)(=O)c2ccccc2)Cc2cc(C#N)ccc21. The van der Waals surface area contributed by atoms with Gasteiger partial charge in [-0.05, 0) is 48.4 Å². The zero-order valence-electron chi connectivity index (χ0n) is 20.3. The topological polar surface area (TPSA) is 82.2 Å². The van der Waals surface area contributed by atoms with E-state index in [0.717, 1.165) is 16.9 Å². The van der Waals surface area contributed by atoms with E-state index in [-0.39, 0.29) is 11.4 Å². The molecule has 1 aromatic heterocycles. The first kappa shape index (κ1) is 24.7. The minimum atomic E-state index is -3.97. The third kappa shape index (κ3) is 4.99. The first-order valence-corrected chi connectivity index (χ1v) is 13.3. The van der Waals surface area contributed by atoms with E-state index in [1.165, 1.54) is 10.4 Å². The maximum Gasteiger partial charge on any atom is 0.243 e. The molecule has 37 heavy (non-hydrogen) atoms. The van der Waals surface area contributed by atoms with Gasteiger partial charge < -0.3 is 9.47 Å². The van der Waals surface area contributed by atoms with Gasteiger partial charge in [-0.3, -0.25) is 0 Å². The summed E-state index contributed by atoms with van der Waals surface area (Å²) in [5, 5.41) is 9.50. The van der Waals surface area contributed by atoms with Gasteiger partial charge in [-0.2, -0.15) is 9.57 Å². The van der Waals surface area contributed by atoms with E-state index in [4.69, 9.17) is 0 Å². The van der Waals surface area contributed by atoms with E-state index >= 15 is 0 Å². The standard InChI is InChI=1S/C28H26FN5O2S/c1-32-20-31-16-25(32)19-33-18-24(14-23-13-21(15-30)11-12-28(23)33)34(17-22-7-5-6-10-27(22)29)37(35,36)26-8-3-2-4-9-26/h2-13,16,20,24H,14,17-19H2,1H3. The highest BCUT2D eigenvalue weighted by molar-refractivity contribution is 7.89. The number of nitrogens with zero attached hydrogens (tertiary/aromatic N) is 5. The number of hydrogen-bond acceptors (Lipinski definition) is 5. The number of fused-ring (bicyclic) bond motifs is 1. The molecule has 0 fully saturated rings. The summed E-state index contributed by atoms with van der Waals surface area (Å²) in [6, 6.07) is 21.7. The number of imidazole rings is 1. The molecule has 0 spiro atoms. The molecule has 3 aromatic carbocycles. The Morgan fingerprint density at radius 2 is 1.86 bits per heavy atom. The second-order valence-electron chi connectivity index (χ2n) is 9.14. The van der Waals surface area contributed by atoms with Crippen molar-refractivity contribution < 1.29 is 12.8 Å². The number of aryl methyl sites for hydroxylation is 1. The highest BCUT2D eigenvalue weighted by Crippen LogP contribution is 2.34. The number of benzene rings is 3. The maximum absolute atomic E-state index is 14.7. The highest BCUT2D eigenvalue weighted by Gasteiger charge is 2.37. The first-order chi connectivity index (χ1) is 17.9. The van der Waals surface area contributed by atoms with Crippen molar-refractivity contribution in [2.75, 3.05) is 11.4 Å². The van der Waals surface area contributed by atoms with E-state index in [2.05, 4.69) is 16.0 Å². The largest absolute Gasteiger partial charge is 0.364 e. The van der Waals surface area contributed by atoms with Crippen molar-refractivity contribution in [1.82, 2.24) is 13.9 Å². The zero-order valence-corrected chi connectivity index (χ0v) is 21.1. The molecule has 7 nitrogen and oxygen atoms in total. The van der Waals surface area contributed by atoms with Crippen LogP contribution >= 0.6 is 0 Å². The van der Waals surface area contributed by atoms with Crippen LogP contribution in [0.4, 0.5) is 10.1 Å². The lowest BCUT2D eigenvalue weighted by molar-refractivity contribution is 0.299. The van der Waals surface area contributed by atoms with Crippen molar-refractivity contribution in [2.45, 2.75) is 30.4 Å². The minimum Gasteiger partial charge on any atom is -0.364 e. The quantitative estimate of drug-likeness (QED) is 0.368. The molecule has 0 saturated carbocycles. The van der Waals surface area contributed by atoms with E-state index in [1.807, 2.05) is 23.7 Å². The van der Waals surface area contributed by atoms with Crippen LogP contribution in [0.2, 0.25) is 0 Å². The average molecular weight is 516 g/mol. The minimum absolute atomic E-state index is 0.110. The van der Waals surface area contributed by atoms with Crippen LogP contribution in [-0.4, -0.2) is 34.9 Å². The van der Waals surface area contributed by atoms with Crippen LogP contribution in [0, 0.1) is 17.1 Å². The first-order valence-electron chi connectivity index (χ1n) is 11.9. The molecule has 0 amide bonds. The molecule has 0 aliphatic carbocycles. The Morgan fingerprint density at radius 1 is 1.11 bits per heavy atom. The summed E-state index contributed by atoms with van der Waals surface area (Å²) in [6.07, 6.45) is 3.90. The Bertz CT molecular complexity index is 1560. The van der Waals surface area contributed by atoms with Crippen LogP contribution in [0.15, 0.2) is 90.2 Å². The highest BCUT2D eigenvalue weighted by atomic mass is 32.2. The number of aromatic nitrogens is 2. The van der Waals surface area contributed by atoms with Crippen LogP contribution in [0.25, 0.3) is 0 Å². The summed E-state index contributed by atoms with van der Waals surface area (Å²) in [7, 11) is -2.06. The Kier molecular flexibility index (Phi) is 6.78. The summed E-state index contributed by atoms with van der Waals surface area (Å²) < 4.78 is 46.0. The van der Waals surface area contributed by atoms with Crippen LogP contribution in [0.5, 0.6) is 0 Å². The summed E-state index contributed by atoms with van der Waals surface area (Å²) in [5.74, 6) is -0.453. The van der Waals surface area contributed by atoms with E-state index in [9.17, 15) is 18.1 Å². The maximum atomic E-state index is 14.7. The number of halogens is 1. The predicted molar refractivity (Wildman–Crippen MR) is 138 cm³/mol. The molecule has 1 atom stereocenters. The molecule has 1 aliphatic heterocycles. The fourth-order valence-corrected chi connectivity index (χ4v) is 6.42. The fraction of sp³-hybridized carbons (Fsp3) is 0.214. The van der Waals surface area contributed by atoms with Gasteiger partial charge in [-0.1, -0.05) is 36.4 Å². The molecule has 188 valence electrons. The Balaban J connectivity index is 1.59. The molecular formula is C28H26FN5O2S. The van der Waals surface area contributed by atoms with Crippen LogP contribution in [-0.2, 0) is 36.6 Å². The van der Waals surface area contributed by atoms with Crippen molar-refractivity contribution in [1.29, 1.82) is 5.26 Å². The van der Waals surface area contributed by atoms with Gasteiger partial charge in [0.2, 0.25) is 10.0 Å². The molecule has 2 heterocycles. The molecule has 5 rings (SSSR count). The molecule has 0 bridgehead atoms. The summed E-state index contributed by atoms with van der Waals surface area (Å²) in [4.78, 5) is 6.48. The number of nitriles is 1. The third-order valence-electron chi connectivity index (χ3n) is 6.75. The lowest BCUT2D eigenvalue weighted by Crippen LogP contribution is -2.50. The molecule has 4 aromatic rings. The second kappa shape index (κ2) is 10.2. The van der Waals surface area contributed by atoms with Crippen molar-refractivity contribution in [3.8, 4) is 6.07 Å². The number of hydrogen-bond donors (Lipinski definition) is 0. The smallest absolute Gasteiger partial charge is 0.243 e. The average Bonchev–Trinajstić information content (AvgIpc) is 3.32. The van der Waals surface area contributed by atoms with Crippen molar-refractivity contribution in [3.63, 3.8) is 0 Å². The Labute approximate surface area is 216 Å². The van der Waals surface area contributed by atoms with Gasteiger partial charge in [0.15, 0.2) is 0 Å². The van der Waals surface area contributed by atoms with Gasteiger partial charge in [-0.25, -0.2) is 17.8 Å². The van der Waals surface area contributed by atoms with Crippen LogP contribution < -0.4 is 4.90 Å². The summed E-state index contributed by atoms with van der Waals surface area (Å²) in [5.41, 5.74) is 3.59. The third-order valence-corrected chi connectivity index (χ3v) is 8.66. The van der Waals surface area contributed by atoms with Gasteiger partial charge in [0, 0.05) is 43.6 Å². The van der Waals surface area contributed by atoms with E-state index < -0.39 is 21.9 Å². The monoisotopic (exact) mass is 515 g/mol. The van der Waals surface area contributed by atoms with Crippen LogP contribution in [0.3, 0.4) is 0 Å². The molecule has 9 heteroatoms. The van der Waals surface area contributed by atoms with E-state index in [0.29, 0.717) is 30.6 Å². The Morgan fingerprint density at radius 3 is 2.57 bits per heavy atom. The predicted octanol–water partition coefficient (Wildman–Crippen LogP) is 4.25. The molecule has 0 N–H and O–H groups in total. The number of anilines is 1. The van der Waals surface area contributed by atoms with Gasteiger partial charge in [0.05, 0.1) is 35.1 Å². The van der Waals surface area contributed by atoms with Crippen molar-refractivity contribution in [2.24, 2.45) is 7.05 Å². The van der Waals surface area contributed by atoms with E-state index in [1.54, 1.807) is 67.1 Å². The molecule has 0 radical (unpaired) electrons. The number of sulfonamides is 1. The van der Waals surface area contributed by atoms with Crippen LogP contribution in [0.1, 0.15) is 22.4 Å². The van der Waals surface area contributed by atoms with Gasteiger partial charge in [0.1, 0.15) is 5.82 Å². The van der Waals surface area contributed by atoms with Crippen molar-refractivity contribution in [3.05, 3.63) is 114 Å². The Hall–Kier alpha value is -4.00. The number of rotatable bonds is 7. The summed E-state index contributed by atoms with van der Waals surface area (Å²) in [6.45, 7) is 0.789. The second-order valence-corrected chi connectivity index (χ2v) is 11.0.